The predicted molar refractivity (Wildman–Crippen MR) is 133 cm³/mol. The maximum atomic E-state index is 13.0. The van der Waals surface area contributed by atoms with Crippen LogP contribution in [-0.2, 0) is 14.3 Å². The highest BCUT2D eigenvalue weighted by Gasteiger charge is 2.36. The van der Waals surface area contributed by atoms with Crippen LogP contribution in [0.25, 0.3) is 11.1 Å². The largest absolute Gasteiger partial charge is 0.480 e. The number of fused-ring (bicyclic) bond motifs is 3. The van der Waals surface area contributed by atoms with Gasteiger partial charge in [-0.2, -0.15) is 0 Å². The molecule has 7 nitrogen and oxygen atoms in total. The lowest BCUT2D eigenvalue weighted by Crippen LogP contribution is -2.52. The van der Waals surface area contributed by atoms with E-state index in [-0.39, 0.29) is 25.0 Å². The van der Waals surface area contributed by atoms with E-state index in [0.29, 0.717) is 12.3 Å². The van der Waals surface area contributed by atoms with E-state index >= 15 is 0 Å². The Balaban J connectivity index is 1.36. The first-order valence-electron chi connectivity index (χ1n) is 12.3. The standard InChI is InChI=1S/C28H34N2O5/c1-28(2,3)24(26(32)33)30-25(31)18(14-17-12-13-17)15-29-27(34)35-16-23-21-10-6-4-8-19(21)20-9-5-7-11-22(20)23/h4-11,17-18,23-24H,12-16H2,1-3H3,(H,29,34)(H,30,31)(H,32,33)/t18?,24-/m1/s1. The second kappa shape index (κ2) is 10.1. The SMILES string of the molecule is CC(C)(C)[C@H](NC(=O)C(CNC(=O)OCC1c2ccccc2-c2ccccc21)CC1CC1)C(=O)O. The average molecular weight is 479 g/mol. The highest BCUT2D eigenvalue weighted by atomic mass is 16.5. The molecule has 186 valence electrons. The van der Waals surface area contributed by atoms with E-state index in [1.165, 1.54) is 0 Å². The molecule has 35 heavy (non-hydrogen) atoms. The summed E-state index contributed by atoms with van der Waals surface area (Å²) < 4.78 is 5.59. The van der Waals surface area contributed by atoms with Gasteiger partial charge in [0.05, 0.1) is 5.92 Å². The molecular weight excluding hydrogens is 444 g/mol. The minimum atomic E-state index is -1.07. The lowest BCUT2D eigenvalue weighted by molar-refractivity contribution is -0.145. The summed E-state index contributed by atoms with van der Waals surface area (Å²) >= 11 is 0. The average Bonchev–Trinajstić information content (AvgIpc) is 3.58. The van der Waals surface area contributed by atoms with E-state index < -0.39 is 29.4 Å². The van der Waals surface area contributed by atoms with Gasteiger partial charge in [-0.05, 0) is 40.0 Å². The third-order valence-electron chi connectivity index (χ3n) is 6.92. The molecule has 2 aliphatic carbocycles. The van der Waals surface area contributed by atoms with Crippen LogP contribution in [0, 0.1) is 17.3 Å². The number of ether oxygens (including phenoxy) is 1. The normalized spacial score (nSPS) is 16.5. The molecule has 0 heterocycles. The molecule has 0 aromatic heterocycles. The third-order valence-corrected chi connectivity index (χ3v) is 6.92. The summed E-state index contributed by atoms with van der Waals surface area (Å²) in [6.07, 6.45) is 2.14. The zero-order chi connectivity index (χ0) is 25.2. The van der Waals surface area contributed by atoms with Gasteiger partial charge in [0.15, 0.2) is 0 Å². The van der Waals surface area contributed by atoms with Gasteiger partial charge in [-0.25, -0.2) is 9.59 Å². The van der Waals surface area contributed by atoms with Crippen LogP contribution in [0.3, 0.4) is 0 Å². The first-order valence-corrected chi connectivity index (χ1v) is 12.3. The van der Waals surface area contributed by atoms with E-state index in [4.69, 9.17) is 4.74 Å². The van der Waals surface area contributed by atoms with Crippen LogP contribution in [0.5, 0.6) is 0 Å². The molecule has 0 saturated heterocycles. The van der Waals surface area contributed by atoms with Crippen molar-refractivity contribution in [2.45, 2.75) is 52.0 Å². The number of hydrogen-bond acceptors (Lipinski definition) is 4. The molecule has 4 rings (SSSR count). The van der Waals surface area contributed by atoms with Gasteiger partial charge in [-0.3, -0.25) is 4.79 Å². The predicted octanol–water partition coefficient (Wildman–Crippen LogP) is 4.56. The number of carbonyl (C=O) groups excluding carboxylic acids is 2. The van der Waals surface area contributed by atoms with Gasteiger partial charge >= 0.3 is 12.1 Å². The maximum absolute atomic E-state index is 13.0. The first-order chi connectivity index (χ1) is 16.6. The van der Waals surface area contributed by atoms with E-state index in [1.54, 1.807) is 20.8 Å². The minimum Gasteiger partial charge on any atom is -0.480 e. The summed E-state index contributed by atoms with van der Waals surface area (Å²) in [5, 5.41) is 15.0. The summed E-state index contributed by atoms with van der Waals surface area (Å²) in [7, 11) is 0. The number of alkyl carbamates (subject to hydrolysis) is 1. The summed E-state index contributed by atoms with van der Waals surface area (Å²) in [6.45, 7) is 5.63. The molecule has 2 aromatic carbocycles. The van der Waals surface area contributed by atoms with Crippen molar-refractivity contribution in [2.75, 3.05) is 13.2 Å². The van der Waals surface area contributed by atoms with Gasteiger partial charge in [-0.1, -0.05) is 82.1 Å². The van der Waals surface area contributed by atoms with Gasteiger partial charge in [-0.15, -0.1) is 0 Å². The van der Waals surface area contributed by atoms with Gasteiger partial charge in [0.1, 0.15) is 12.6 Å². The van der Waals surface area contributed by atoms with Crippen LogP contribution in [0.15, 0.2) is 48.5 Å². The molecular formula is C28H34N2O5. The molecule has 1 saturated carbocycles. The minimum absolute atomic E-state index is 0.0400. The van der Waals surface area contributed by atoms with Crippen molar-refractivity contribution < 1.29 is 24.2 Å². The van der Waals surface area contributed by atoms with Crippen molar-refractivity contribution in [3.8, 4) is 11.1 Å². The summed E-state index contributed by atoms with van der Waals surface area (Å²) in [4.78, 5) is 37.2. The topological polar surface area (TPSA) is 105 Å². The van der Waals surface area contributed by atoms with Gasteiger partial charge in [0, 0.05) is 12.5 Å². The fourth-order valence-electron chi connectivity index (χ4n) is 4.80. The Hall–Kier alpha value is -3.35. The number of amides is 2. The van der Waals surface area contributed by atoms with Crippen molar-refractivity contribution in [1.82, 2.24) is 10.6 Å². The number of hydrogen-bond donors (Lipinski definition) is 3. The smallest absolute Gasteiger partial charge is 0.407 e. The van der Waals surface area contributed by atoms with Crippen molar-refractivity contribution in [3.63, 3.8) is 0 Å². The Kier molecular flexibility index (Phi) is 7.15. The Morgan fingerprint density at radius 3 is 2.09 bits per heavy atom. The molecule has 1 fully saturated rings. The molecule has 0 radical (unpaired) electrons. The van der Waals surface area contributed by atoms with Crippen molar-refractivity contribution >= 4 is 18.0 Å². The third kappa shape index (κ3) is 5.84. The van der Waals surface area contributed by atoms with Crippen LogP contribution >= 0.6 is 0 Å². The molecule has 2 aliphatic rings. The first kappa shape index (κ1) is 24.8. The van der Waals surface area contributed by atoms with Crippen LogP contribution in [0.4, 0.5) is 4.79 Å². The summed E-state index contributed by atoms with van der Waals surface area (Å²) in [5.41, 5.74) is 3.95. The zero-order valence-corrected chi connectivity index (χ0v) is 20.5. The molecule has 0 spiro atoms. The number of benzene rings is 2. The molecule has 2 atom stereocenters. The maximum Gasteiger partial charge on any atom is 0.407 e. The lowest BCUT2D eigenvalue weighted by Gasteiger charge is -2.29. The zero-order valence-electron chi connectivity index (χ0n) is 20.5. The van der Waals surface area contributed by atoms with Gasteiger partial charge < -0.3 is 20.5 Å². The lowest BCUT2D eigenvalue weighted by atomic mass is 9.86. The van der Waals surface area contributed by atoms with E-state index in [2.05, 4.69) is 34.9 Å². The van der Waals surface area contributed by atoms with Crippen molar-refractivity contribution in [3.05, 3.63) is 59.7 Å². The van der Waals surface area contributed by atoms with Gasteiger partial charge in [0.2, 0.25) is 5.91 Å². The molecule has 2 amide bonds. The Bertz CT molecular complexity index is 1060. The number of carbonyl (C=O) groups is 3. The summed E-state index contributed by atoms with van der Waals surface area (Å²) in [5.74, 6) is -1.53. The molecule has 7 heteroatoms. The number of nitrogens with one attached hydrogen (secondary N) is 2. The fourth-order valence-corrected chi connectivity index (χ4v) is 4.80. The van der Waals surface area contributed by atoms with Crippen LogP contribution in [0.1, 0.15) is 57.1 Å². The summed E-state index contributed by atoms with van der Waals surface area (Å²) in [6, 6.07) is 15.3. The van der Waals surface area contributed by atoms with Gasteiger partial charge in [0.25, 0.3) is 0 Å². The Morgan fingerprint density at radius 2 is 1.57 bits per heavy atom. The Labute approximate surface area is 206 Å². The van der Waals surface area contributed by atoms with E-state index in [1.807, 2.05) is 24.3 Å². The molecule has 0 bridgehead atoms. The number of rotatable bonds is 9. The Morgan fingerprint density at radius 1 is 1.00 bits per heavy atom. The van der Waals surface area contributed by atoms with Crippen molar-refractivity contribution in [2.24, 2.45) is 17.3 Å². The number of aliphatic carboxylic acids is 1. The highest BCUT2D eigenvalue weighted by Crippen LogP contribution is 2.44. The fraction of sp³-hybridized carbons (Fsp3) is 0.464. The molecule has 1 unspecified atom stereocenters. The van der Waals surface area contributed by atoms with Crippen LogP contribution < -0.4 is 10.6 Å². The van der Waals surface area contributed by atoms with E-state index in [0.717, 1.165) is 35.1 Å². The number of carboxylic acid groups (broad SMARTS) is 1. The number of carboxylic acids is 1. The quantitative estimate of drug-likeness (QED) is 0.490. The van der Waals surface area contributed by atoms with Crippen LogP contribution in [0.2, 0.25) is 0 Å². The molecule has 0 aliphatic heterocycles. The van der Waals surface area contributed by atoms with E-state index in [9.17, 15) is 19.5 Å². The van der Waals surface area contributed by atoms with Crippen LogP contribution in [-0.4, -0.2) is 42.3 Å². The van der Waals surface area contributed by atoms with Crippen molar-refractivity contribution in [1.29, 1.82) is 0 Å². The molecule has 3 N–H and O–H groups in total. The second-order valence-electron chi connectivity index (χ2n) is 10.7. The second-order valence-corrected chi connectivity index (χ2v) is 10.7. The monoisotopic (exact) mass is 478 g/mol. The highest BCUT2D eigenvalue weighted by molar-refractivity contribution is 5.86. The molecule has 2 aromatic rings.